The van der Waals surface area contributed by atoms with Crippen molar-refractivity contribution in [1.82, 2.24) is 14.9 Å². The Labute approximate surface area is 88.3 Å². The highest BCUT2D eigenvalue weighted by Crippen LogP contribution is 2.18. The van der Waals surface area contributed by atoms with Gasteiger partial charge < -0.3 is 5.32 Å². The van der Waals surface area contributed by atoms with E-state index in [0.29, 0.717) is 6.04 Å². The molecule has 4 nitrogen and oxygen atoms in total. The minimum atomic E-state index is 0.200. The molecule has 1 aliphatic carbocycles. The van der Waals surface area contributed by atoms with E-state index in [2.05, 4.69) is 10.3 Å². The van der Waals surface area contributed by atoms with Crippen LogP contribution >= 0.6 is 0 Å². The molecule has 4 heteroatoms. The van der Waals surface area contributed by atoms with Gasteiger partial charge in [0.25, 0.3) is 5.56 Å². The molecular weight excluding hydrogens is 190 g/mol. The summed E-state index contributed by atoms with van der Waals surface area (Å²) < 4.78 is 1.82. The van der Waals surface area contributed by atoms with Gasteiger partial charge in [-0.1, -0.05) is 0 Å². The Morgan fingerprint density at radius 3 is 3.20 bits per heavy atom. The van der Waals surface area contributed by atoms with Crippen LogP contribution < -0.4 is 10.9 Å². The predicted molar refractivity (Wildman–Crippen MR) is 57.0 cm³/mol. The fourth-order valence-electron chi connectivity index (χ4n) is 2.58. The second-order valence-corrected chi connectivity index (χ2v) is 4.38. The Morgan fingerprint density at radius 1 is 1.47 bits per heavy atom. The van der Waals surface area contributed by atoms with Crippen LogP contribution in [0.3, 0.4) is 0 Å². The summed E-state index contributed by atoms with van der Waals surface area (Å²) in [7, 11) is 0. The lowest BCUT2D eigenvalue weighted by Crippen LogP contribution is -2.29. The first-order chi connectivity index (χ1) is 7.36. The van der Waals surface area contributed by atoms with Crippen LogP contribution in [0.5, 0.6) is 0 Å². The van der Waals surface area contributed by atoms with E-state index in [1.807, 2.05) is 4.57 Å². The van der Waals surface area contributed by atoms with E-state index >= 15 is 0 Å². The lowest BCUT2D eigenvalue weighted by Gasteiger charge is -2.13. The van der Waals surface area contributed by atoms with Crippen molar-refractivity contribution in [2.75, 3.05) is 13.1 Å². The summed E-state index contributed by atoms with van der Waals surface area (Å²) in [5, 5.41) is 3.28. The fraction of sp³-hybridized carbons (Fsp3) is 0.636. The molecule has 0 spiro atoms. The van der Waals surface area contributed by atoms with Crippen LogP contribution in [0, 0.1) is 0 Å². The number of fused-ring (bicyclic) bond motifs is 1. The summed E-state index contributed by atoms with van der Waals surface area (Å²) in [6.07, 6.45) is 5.77. The van der Waals surface area contributed by atoms with Crippen molar-refractivity contribution in [3.05, 3.63) is 27.9 Å². The van der Waals surface area contributed by atoms with Gasteiger partial charge in [0, 0.05) is 12.1 Å². The van der Waals surface area contributed by atoms with Crippen molar-refractivity contribution in [3.63, 3.8) is 0 Å². The van der Waals surface area contributed by atoms with Crippen LogP contribution in [0.15, 0.2) is 11.1 Å². The highest BCUT2D eigenvalue weighted by Gasteiger charge is 2.22. The highest BCUT2D eigenvalue weighted by molar-refractivity contribution is 5.22. The Morgan fingerprint density at radius 2 is 2.40 bits per heavy atom. The Hall–Kier alpha value is -1.16. The number of hydrogen-bond acceptors (Lipinski definition) is 3. The molecule has 3 rings (SSSR count). The number of nitrogens with zero attached hydrogens (tertiary/aromatic N) is 2. The third-order valence-electron chi connectivity index (χ3n) is 3.45. The van der Waals surface area contributed by atoms with Gasteiger partial charge in [0.05, 0.1) is 18.1 Å². The largest absolute Gasteiger partial charge is 0.315 e. The van der Waals surface area contributed by atoms with Crippen molar-refractivity contribution >= 4 is 0 Å². The first-order valence-electron chi connectivity index (χ1n) is 5.66. The van der Waals surface area contributed by atoms with Crippen molar-refractivity contribution < 1.29 is 0 Å². The lowest BCUT2D eigenvalue weighted by atomic mass is 10.2. The number of aryl methyl sites for hydroxylation is 1. The zero-order chi connectivity index (χ0) is 10.3. The summed E-state index contributed by atoms with van der Waals surface area (Å²) in [6.45, 7) is 1.91. The maximum Gasteiger partial charge on any atom is 0.257 e. The molecule has 2 aliphatic rings. The predicted octanol–water partition coefficient (Wildman–Crippen LogP) is 0.266. The molecule has 0 bridgehead atoms. The molecule has 1 aliphatic heterocycles. The van der Waals surface area contributed by atoms with Gasteiger partial charge in [-0.25, -0.2) is 4.98 Å². The second-order valence-electron chi connectivity index (χ2n) is 4.38. The van der Waals surface area contributed by atoms with Crippen molar-refractivity contribution in [3.8, 4) is 0 Å². The van der Waals surface area contributed by atoms with E-state index in [0.717, 1.165) is 50.0 Å². The summed E-state index contributed by atoms with van der Waals surface area (Å²) >= 11 is 0. The molecule has 1 N–H and O–H groups in total. The van der Waals surface area contributed by atoms with Gasteiger partial charge in [-0.3, -0.25) is 9.36 Å². The van der Waals surface area contributed by atoms with E-state index in [-0.39, 0.29) is 5.56 Å². The third-order valence-corrected chi connectivity index (χ3v) is 3.45. The lowest BCUT2D eigenvalue weighted by molar-refractivity contribution is 0.516. The van der Waals surface area contributed by atoms with Gasteiger partial charge >= 0.3 is 0 Å². The third kappa shape index (κ3) is 1.40. The molecule has 1 aromatic rings. The number of aromatic nitrogens is 2. The molecule has 1 fully saturated rings. The van der Waals surface area contributed by atoms with Gasteiger partial charge in [-0.05, 0) is 32.2 Å². The molecule has 1 aromatic heterocycles. The van der Waals surface area contributed by atoms with Crippen LogP contribution in [-0.2, 0) is 12.8 Å². The van der Waals surface area contributed by atoms with Crippen LogP contribution in [0.4, 0.5) is 0 Å². The average Bonchev–Trinajstić information content (AvgIpc) is 2.87. The summed E-state index contributed by atoms with van der Waals surface area (Å²) in [5.41, 5.74) is 2.19. The van der Waals surface area contributed by atoms with Gasteiger partial charge in [0.15, 0.2) is 0 Å². The SMILES string of the molecule is O=c1c2c(ncn1C1CCNC1)CCC2. The van der Waals surface area contributed by atoms with Gasteiger partial charge in [-0.2, -0.15) is 0 Å². The number of nitrogens with one attached hydrogen (secondary N) is 1. The van der Waals surface area contributed by atoms with E-state index in [4.69, 9.17) is 0 Å². The molecule has 2 heterocycles. The number of hydrogen-bond donors (Lipinski definition) is 1. The summed E-state index contributed by atoms with van der Waals surface area (Å²) in [5.74, 6) is 0. The van der Waals surface area contributed by atoms with E-state index in [1.165, 1.54) is 0 Å². The van der Waals surface area contributed by atoms with Crippen LogP contribution in [-0.4, -0.2) is 22.6 Å². The second kappa shape index (κ2) is 3.45. The van der Waals surface area contributed by atoms with Crippen molar-refractivity contribution in [2.24, 2.45) is 0 Å². The maximum atomic E-state index is 12.1. The number of rotatable bonds is 1. The van der Waals surface area contributed by atoms with Crippen LogP contribution in [0.2, 0.25) is 0 Å². The fourth-order valence-corrected chi connectivity index (χ4v) is 2.58. The minimum absolute atomic E-state index is 0.200. The van der Waals surface area contributed by atoms with E-state index in [1.54, 1.807) is 6.33 Å². The summed E-state index contributed by atoms with van der Waals surface area (Å²) in [4.78, 5) is 16.5. The minimum Gasteiger partial charge on any atom is -0.315 e. The normalized spacial score (nSPS) is 24.4. The molecule has 0 radical (unpaired) electrons. The molecule has 1 unspecified atom stereocenters. The van der Waals surface area contributed by atoms with Crippen molar-refractivity contribution in [1.29, 1.82) is 0 Å². The topological polar surface area (TPSA) is 46.9 Å². The highest BCUT2D eigenvalue weighted by atomic mass is 16.1. The van der Waals surface area contributed by atoms with Crippen molar-refractivity contribution in [2.45, 2.75) is 31.7 Å². The molecule has 1 atom stereocenters. The molecular formula is C11H15N3O. The molecule has 1 saturated heterocycles. The Balaban J connectivity index is 2.06. The Kier molecular flexibility index (Phi) is 2.09. The molecule has 15 heavy (non-hydrogen) atoms. The standard InChI is InChI=1S/C11H15N3O/c15-11-9-2-1-3-10(9)13-7-14(11)8-4-5-12-6-8/h7-8,12H,1-6H2. The van der Waals surface area contributed by atoms with Gasteiger partial charge in [0.1, 0.15) is 0 Å². The van der Waals surface area contributed by atoms with Crippen LogP contribution in [0.1, 0.15) is 30.1 Å². The maximum absolute atomic E-state index is 12.1. The zero-order valence-electron chi connectivity index (χ0n) is 8.70. The summed E-state index contributed by atoms with van der Waals surface area (Å²) in [6, 6.07) is 0.316. The monoisotopic (exact) mass is 205 g/mol. The van der Waals surface area contributed by atoms with Gasteiger partial charge in [-0.15, -0.1) is 0 Å². The molecule has 0 aromatic carbocycles. The smallest absolute Gasteiger partial charge is 0.257 e. The average molecular weight is 205 g/mol. The molecule has 0 saturated carbocycles. The first kappa shape index (κ1) is 9.09. The van der Waals surface area contributed by atoms with E-state index in [9.17, 15) is 4.79 Å². The van der Waals surface area contributed by atoms with E-state index < -0.39 is 0 Å². The Bertz CT molecular complexity index is 432. The van der Waals surface area contributed by atoms with Crippen LogP contribution in [0.25, 0.3) is 0 Å². The zero-order valence-corrected chi connectivity index (χ0v) is 8.70. The molecule has 0 amide bonds. The first-order valence-corrected chi connectivity index (χ1v) is 5.66. The quantitative estimate of drug-likeness (QED) is 0.715. The molecule has 80 valence electrons. The van der Waals surface area contributed by atoms with Gasteiger partial charge in [0.2, 0.25) is 0 Å².